The fourth-order valence-corrected chi connectivity index (χ4v) is 5.59. The number of aryl methyl sites for hydroxylation is 1. The average Bonchev–Trinajstić information content (AvgIpc) is 3.34. The number of fused-ring (bicyclic) bond motifs is 1. The molecule has 1 aliphatic rings. The molecule has 0 saturated heterocycles. The zero-order chi connectivity index (χ0) is 23.0. The number of carbonyl (C=O) groups is 3. The van der Waals surface area contributed by atoms with Gasteiger partial charge in [-0.15, -0.1) is 0 Å². The molecule has 0 spiro atoms. The highest BCUT2D eigenvalue weighted by Gasteiger charge is 2.31. The second-order valence-electron chi connectivity index (χ2n) is 8.72. The van der Waals surface area contributed by atoms with Crippen LogP contribution in [0.2, 0.25) is 0 Å². The maximum Gasteiger partial charge on any atom is 0.296 e. The number of halogens is 1. The van der Waals surface area contributed by atoms with Gasteiger partial charge in [-0.3, -0.25) is 18.8 Å². The van der Waals surface area contributed by atoms with Gasteiger partial charge in [-0.2, -0.15) is 0 Å². The molecule has 6 nitrogen and oxygen atoms in total. The number of amides is 1. The Labute approximate surface area is 190 Å². The van der Waals surface area contributed by atoms with Gasteiger partial charge in [-0.1, -0.05) is 23.5 Å². The lowest BCUT2D eigenvalue weighted by molar-refractivity contribution is -0.124. The number of likely N-dealkylation sites (N-methyl/N-ethyl adjacent to an activating group) is 1. The molecule has 0 aliphatic heterocycles. The number of rotatable bonds is 6. The van der Waals surface area contributed by atoms with Gasteiger partial charge < -0.3 is 4.90 Å². The van der Waals surface area contributed by atoms with E-state index in [2.05, 4.69) is 4.98 Å². The van der Waals surface area contributed by atoms with E-state index in [4.69, 9.17) is 0 Å². The number of ketones is 2. The molecule has 32 heavy (non-hydrogen) atoms. The first-order valence-electron chi connectivity index (χ1n) is 10.8. The van der Waals surface area contributed by atoms with Gasteiger partial charge in [0.2, 0.25) is 0 Å². The number of nitrogens with zero attached hydrogens (tertiary/aromatic N) is 3. The lowest BCUT2D eigenvalue weighted by Crippen LogP contribution is -2.30. The van der Waals surface area contributed by atoms with E-state index in [1.54, 1.807) is 11.3 Å². The minimum absolute atomic E-state index is 0.0518. The molecule has 2 aromatic heterocycles. The van der Waals surface area contributed by atoms with Crippen molar-refractivity contribution >= 4 is 33.8 Å². The summed E-state index contributed by atoms with van der Waals surface area (Å²) in [4.78, 5) is 44.6. The van der Waals surface area contributed by atoms with Gasteiger partial charge in [0.05, 0.1) is 11.1 Å². The molecule has 0 N–H and O–H groups in total. The van der Waals surface area contributed by atoms with Crippen molar-refractivity contribution in [3.05, 3.63) is 58.1 Å². The third-order valence-corrected chi connectivity index (χ3v) is 7.47. The number of benzene rings is 1. The molecule has 1 fully saturated rings. The van der Waals surface area contributed by atoms with Crippen molar-refractivity contribution in [3.8, 4) is 0 Å². The standard InChI is InChI=1S/C24H26FN3O3S/c1-14-22(32-24-26-13-19(28(14)24)21(30)23(31)27(2)3)20(29)17-8-4-15(5-9-17)12-16-6-10-18(25)11-7-16/h6-7,10-11,13,15,17H,4-5,8-9,12H2,1-3H3. The Balaban J connectivity index is 1.46. The Morgan fingerprint density at radius 2 is 1.78 bits per heavy atom. The van der Waals surface area contributed by atoms with Crippen molar-refractivity contribution in [2.45, 2.75) is 39.0 Å². The zero-order valence-electron chi connectivity index (χ0n) is 18.4. The van der Waals surface area contributed by atoms with Crippen molar-refractivity contribution in [2.75, 3.05) is 14.1 Å². The second-order valence-corrected chi connectivity index (χ2v) is 9.70. The third kappa shape index (κ3) is 4.24. The predicted molar refractivity (Wildman–Crippen MR) is 121 cm³/mol. The topological polar surface area (TPSA) is 71.7 Å². The van der Waals surface area contributed by atoms with Gasteiger partial charge in [-0.25, -0.2) is 9.37 Å². The minimum Gasteiger partial charge on any atom is -0.342 e. The van der Waals surface area contributed by atoms with E-state index in [-0.39, 0.29) is 23.2 Å². The van der Waals surface area contributed by atoms with Gasteiger partial charge in [0, 0.05) is 25.7 Å². The summed E-state index contributed by atoms with van der Waals surface area (Å²) in [6.45, 7) is 1.80. The first-order chi connectivity index (χ1) is 15.3. The Morgan fingerprint density at radius 3 is 2.41 bits per heavy atom. The Kier molecular flexibility index (Phi) is 6.24. The van der Waals surface area contributed by atoms with Crippen LogP contribution in [0.25, 0.3) is 4.96 Å². The van der Waals surface area contributed by atoms with Crippen LogP contribution in [0.1, 0.15) is 57.1 Å². The summed E-state index contributed by atoms with van der Waals surface area (Å²) in [6, 6.07) is 6.64. The normalized spacial score (nSPS) is 18.6. The molecule has 8 heteroatoms. The number of thiazole rings is 1. The number of hydrogen-bond acceptors (Lipinski definition) is 5. The van der Waals surface area contributed by atoms with Gasteiger partial charge in [0.25, 0.3) is 11.7 Å². The number of imidazole rings is 1. The van der Waals surface area contributed by atoms with Crippen LogP contribution >= 0.6 is 11.3 Å². The summed E-state index contributed by atoms with van der Waals surface area (Å²) in [5.74, 6) is -0.947. The Morgan fingerprint density at radius 1 is 1.12 bits per heavy atom. The summed E-state index contributed by atoms with van der Waals surface area (Å²) in [5.41, 5.74) is 1.98. The van der Waals surface area contributed by atoms with Crippen LogP contribution in [-0.4, -0.2) is 45.9 Å². The molecule has 4 rings (SSSR count). The molecule has 1 aliphatic carbocycles. The summed E-state index contributed by atoms with van der Waals surface area (Å²) in [5, 5.41) is 0. The van der Waals surface area contributed by atoms with E-state index in [9.17, 15) is 18.8 Å². The molecule has 0 unspecified atom stereocenters. The highest BCUT2D eigenvalue weighted by Crippen LogP contribution is 2.35. The first-order valence-corrected chi connectivity index (χ1v) is 11.6. The van der Waals surface area contributed by atoms with E-state index in [1.165, 1.54) is 48.7 Å². The van der Waals surface area contributed by atoms with Crippen LogP contribution in [0.15, 0.2) is 30.5 Å². The molecule has 0 bridgehead atoms. The van der Waals surface area contributed by atoms with Gasteiger partial charge in [0.1, 0.15) is 11.5 Å². The van der Waals surface area contributed by atoms with Crippen LogP contribution in [0, 0.1) is 24.6 Å². The molecular weight excluding hydrogens is 429 g/mol. The molecule has 3 aromatic rings. The molecule has 2 heterocycles. The average molecular weight is 456 g/mol. The molecule has 0 radical (unpaired) electrons. The SMILES string of the molecule is Cc1c(C(=O)C2CCC(Cc3ccc(F)cc3)CC2)sc2ncc(C(=O)C(=O)N(C)C)n12. The van der Waals surface area contributed by atoms with E-state index < -0.39 is 11.7 Å². The number of aromatic nitrogens is 2. The largest absolute Gasteiger partial charge is 0.342 e. The van der Waals surface area contributed by atoms with Crippen LogP contribution < -0.4 is 0 Å². The van der Waals surface area contributed by atoms with Crippen LogP contribution in [0.4, 0.5) is 4.39 Å². The fourth-order valence-electron chi connectivity index (χ4n) is 4.47. The molecule has 168 valence electrons. The highest BCUT2D eigenvalue weighted by molar-refractivity contribution is 7.19. The van der Waals surface area contributed by atoms with Crippen molar-refractivity contribution < 1.29 is 18.8 Å². The summed E-state index contributed by atoms with van der Waals surface area (Å²) in [7, 11) is 3.06. The van der Waals surface area contributed by atoms with Gasteiger partial charge >= 0.3 is 0 Å². The van der Waals surface area contributed by atoms with Gasteiger partial charge in [0.15, 0.2) is 10.7 Å². The molecule has 1 amide bonds. The Bertz CT molecular complexity index is 1170. The maximum atomic E-state index is 13.3. The predicted octanol–water partition coefficient (Wildman–Crippen LogP) is 4.35. The smallest absolute Gasteiger partial charge is 0.296 e. The summed E-state index contributed by atoms with van der Waals surface area (Å²) < 4.78 is 14.7. The first kappa shape index (κ1) is 22.3. The molecule has 0 atom stereocenters. The quantitative estimate of drug-likeness (QED) is 0.409. The third-order valence-electron chi connectivity index (χ3n) is 6.30. The minimum atomic E-state index is -0.635. The van der Waals surface area contributed by atoms with E-state index in [1.807, 2.05) is 12.1 Å². The van der Waals surface area contributed by atoms with Crippen LogP contribution in [-0.2, 0) is 11.2 Å². The fraction of sp³-hybridized carbons (Fsp3) is 0.417. The van der Waals surface area contributed by atoms with E-state index in [0.29, 0.717) is 21.4 Å². The molecular formula is C24H26FN3O3S. The summed E-state index contributed by atoms with van der Waals surface area (Å²) >= 11 is 1.28. The zero-order valence-corrected chi connectivity index (χ0v) is 19.2. The van der Waals surface area contributed by atoms with E-state index >= 15 is 0 Å². The molecule has 1 saturated carbocycles. The maximum absolute atomic E-state index is 13.3. The highest BCUT2D eigenvalue weighted by atomic mass is 32.1. The number of Topliss-reactive ketones (excluding diaryl/α,β-unsaturated/α-hetero) is 2. The van der Waals surface area contributed by atoms with E-state index in [0.717, 1.165) is 37.7 Å². The van der Waals surface area contributed by atoms with Crippen molar-refractivity contribution in [1.82, 2.24) is 14.3 Å². The monoisotopic (exact) mass is 455 g/mol. The van der Waals surface area contributed by atoms with Crippen molar-refractivity contribution in [2.24, 2.45) is 11.8 Å². The lowest BCUT2D eigenvalue weighted by Gasteiger charge is -2.27. The Hall–Kier alpha value is -2.87. The number of hydrogen-bond donors (Lipinski definition) is 0. The van der Waals surface area contributed by atoms with Gasteiger partial charge in [-0.05, 0) is 62.6 Å². The molecule has 1 aromatic carbocycles. The van der Waals surface area contributed by atoms with Crippen LogP contribution in [0.5, 0.6) is 0 Å². The second kappa shape index (κ2) is 8.94. The van der Waals surface area contributed by atoms with Crippen molar-refractivity contribution in [1.29, 1.82) is 0 Å². The lowest BCUT2D eigenvalue weighted by atomic mass is 9.77. The number of carbonyl (C=O) groups excluding carboxylic acids is 3. The van der Waals surface area contributed by atoms with Crippen LogP contribution in [0.3, 0.4) is 0 Å². The van der Waals surface area contributed by atoms with Crippen molar-refractivity contribution in [3.63, 3.8) is 0 Å². The summed E-state index contributed by atoms with van der Waals surface area (Å²) in [6.07, 6.45) is 5.84.